The van der Waals surface area contributed by atoms with Crippen molar-refractivity contribution in [2.24, 2.45) is 4.99 Å². The van der Waals surface area contributed by atoms with Crippen molar-refractivity contribution < 1.29 is 18.7 Å². The molecule has 0 saturated heterocycles. The molecule has 0 bridgehead atoms. The number of carbonyl (C=O) groups is 1. The largest absolute Gasteiger partial charge is 0.465 e. The molecule has 18 heavy (non-hydrogen) atoms. The molecular weight excluding hydrogens is 237 g/mol. The van der Waals surface area contributed by atoms with Gasteiger partial charge in [-0.15, -0.1) is 0 Å². The van der Waals surface area contributed by atoms with E-state index < -0.39 is 24.8 Å². The van der Waals surface area contributed by atoms with Crippen molar-refractivity contribution in [3.63, 3.8) is 0 Å². The van der Waals surface area contributed by atoms with Gasteiger partial charge in [0, 0.05) is 7.11 Å². The van der Waals surface area contributed by atoms with Gasteiger partial charge in [0.1, 0.15) is 18.8 Å². The number of nitrogens with zero attached hydrogens (tertiary/aromatic N) is 1. The monoisotopic (exact) mass is 253 g/mol. The van der Waals surface area contributed by atoms with Gasteiger partial charge >= 0.3 is 5.97 Å². The lowest BCUT2D eigenvalue weighted by Gasteiger charge is -2.20. The molecule has 1 aromatic rings. The lowest BCUT2D eigenvalue weighted by atomic mass is 10.0. The average molecular weight is 253 g/mol. The maximum Gasteiger partial charge on any atom is 0.337 e. The number of benzene rings is 1. The molecule has 0 aliphatic rings. The van der Waals surface area contributed by atoms with Crippen molar-refractivity contribution in [3.8, 4) is 0 Å². The van der Waals surface area contributed by atoms with E-state index in [9.17, 15) is 9.18 Å². The molecule has 2 atom stereocenters. The minimum absolute atomic E-state index is 0.417. The van der Waals surface area contributed by atoms with Crippen LogP contribution in [0, 0.1) is 0 Å². The van der Waals surface area contributed by atoms with Crippen LogP contribution in [0.5, 0.6) is 0 Å². The number of aliphatic imine (C=N–C) groups is 1. The smallest absolute Gasteiger partial charge is 0.337 e. The summed E-state index contributed by atoms with van der Waals surface area (Å²) >= 11 is 0. The highest BCUT2D eigenvalue weighted by Crippen LogP contribution is 2.23. The summed E-state index contributed by atoms with van der Waals surface area (Å²) in [5.74, 6) is -0.417. The highest BCUT2D eigenvalue weighted by molar-refractivity contribution is 5.89. The Hall–Kier alpha value is -1.75. The Balaban J connectivity index is 2.94. The number of methoxy groups -OCH3 is 2. The van der Waals surface area contributed by atoms with Gasteiger partial charge in [-0.25, -0.2) is 9.18 Å². The van der Waals surface area contributed by atoms with Gasteiger partial charge in [-0.2, -0.15) is 0 Å². The summed E-state index contributed by atoms with van der Waals surface area (Å²) in [5, 5.41) is 0. The van der Waals surface area contributed by atoms with E-state index in [1.54, 1.807) is 24.3 Å². The van der Waals surface area contributed by atoms with Gasteiger partial charge in [-0.05, 0) is 24.4 Å². The van der Waals surface area contributed by atoms with Crippen LogP contribution in [0.15, 0.2) is 29.3 Å². The maximum absolute atomic E-state index is 12.8. The Morgan fingerprint density at radius 1 is 1.39 bits per heavy atom. The van der Waals surface area contributed by atoms with E-state index in [0.29, 0.717) is 5.56 Å². The Kier molecular flexibility index (Phi) is 5.45. The fourth-order valence-corrected chi connectivity index (χ4v) is 1.67. The Morgan fingerprint density at radius 2 is 2.00 bits per heavy atom. The van der Waals surface area contributed by atoms with Gasteiger partial charge in [-0.3, -0.25) is 4.99 Å². The normalized spacial score (nSPS) is 13.7. The molecule has 0 amide bonds. The second-order valence-electron chi connectivity index (χ2n) is 3.67. The predicted molar refractivity (Wildman–Crippen MR) is 66.8 cm³/mol. The fourth-order valence-electron chi connectivity index (χ4n) is 1.67. The average Bonchev–Trinajstić information content (AvgIpc) is 2.44. The molecule has 1 rings (SSSR count). The molecular formula is C13H16FNO3. The van der Waals surface area contributed by atoms with E-state index in [1.165, 1.54) is 14.2 Å². The van der Waals surface area contributed by atoms with Crippen molar-refractivity contribution in [3.05, 3.63) is 35.4 Å². The van der Waals surface area contributed by atoms with Crippen molar-refractivity contribution in [1.29, 1.82) is 0 Å². The second kappa shape index (κ2) is 6.86. The van der Waals surface area contributed by atoms with Crippen LogP contribution in [0.1, 0.15) is 22.0 Å². The predicted octanol–water partition coefficient (Wildman–Crippen LogP) is 2.20. The summed E-state index contributed by atoms with van der Waals surface area (Å²) < 4.78 is 22.6. The van der Waals surface area contributed by atoms with Crippen molar-refractivity contribution in [1.82, 2.24) is 0 Å². The van der Waals surface area contributed by atoms with Crippen molar-refractivity contribution in [2.75, 3.05) is 20.9 Å². The first-order chi connectivity index (χ1) is 8.67. The first-order valence-electron chi connectivity index (χ1n) is 5.40. The van der Waals surface area contributed by atoms with E-state index in [2.05, 4.69) is 16.4 Å². The zero-order chi connectivity index (χ0) is 13.5. The Bertz CT molecular complexity index is 405. The lowest BCUT2D eigenvalue weighted by molar-refractivity contribution is 0.0599. The number of hydrogen-bond acceptors (Lipinski definition) is 4. The molecule has 0 aliphatic carbocycles. The fraction of sp³-hybridized carbons (Fsp3) is 0.385. The third-order valence-corrected chi connectivity index (χ3v) is 2.66. The van der Waals surface area contributed by atoms with Gasteiger partial charge < -0.3 is 9.47 Å². The van der Waals surface area contributed by atoms with Crippen LogP contribution in [0.3, 0.4) is 0 Å². The number of rotatable bonds is 6. The SMILES string of the molecule is C=N[C@H](CF)[C@H](OC)c1ccc(C(=O)OC)cc1. The van der Waals surface area contributed by atoms with E-state index in [0.717, 1.165) is 5.56 Å². The van der Waals surface area contributed by atoms with Gasteiger partial charge in [-0.1, -0.05) is 12.1 Å². The summed E-state index contributed by atoms with van der Waals surface area (Å²) in [6, 6.07) is 5.93. The molecule has 0 unspecified atom stereocenters. The van der Waals surface area contributed by atoms with Crippen LogP contribution < -0.4 is 0 Å². The molecule has 0 N–H and O–H groups in total. The van der Waals surface area contributed by atoms with E-state index in [4.69, 9.17) is 4.74 Å². The number of hydrogen-bond donors (Lipinski definition) is 0. The molecule has 0 spiro atoms. The summed E-state index contributed by atoms with van der Waals surface area (Å²) in [7, 11) is 2.79. The lowest BCUT2D eigenvalue weighted by Crippen LogP contribution is -2.20. The minimum Gasteiger partial charge on any atom is -0.465 e. The zero-order valence-electron chi connectivity index (χ0n) is 10.4. The topological polar surface area (TPSA) is 47.9 Å². The second-order valence-corrected chi connectivity index (χ2v) is 3.67. The standard InChI is InChI=1S/C13H16FNO3/c1-15-11(8-14)12(17-2)9-4-6-10(7-5-9)13(16)18-3/h4-7,11-12H,1,8H2,2-3H3/t11-,12-/m1/s1. The van der Waals surface area contributed by atoms with E-state index in [-0.39, 0.29) is 0 Å². The number of carbonyl (C=O) groups excluding carboxylic acids is 1. The highest BCUT2D eigenvalue weighted by atomic mass is 19.1. The third kappa shape index (κ3) is 3.13. The van der Waals surface area contributed by atoms with Crippen LogP contribution in [-0.2, 0) is 9.47 Å². The number of esters is 1. The molecule has 1 aromatic carbocycles. The van der Waals surface area contributed by atoms with Crippen LogP contribution >= 0.6 is 0 Å². The number of alkyl halides is 1. The summed E-state index contributed by atoms with van der Waals surface area (Å²) in [5.41, 5.74) is 1.17. The number of ether oxygens (including phenoxy) is 2. The molecule has 5 heteroatoms. The molecule has 0 aliphatic heterocycles. The Labute approximate surface area is 105 Å². The first kappa shape index (κ1) is 14.3. The zero-order valence-corrected chi connectivity index (χ0v) is 10.4. The number of halogens is 1. The van der Waals surface area contributed by atoms with Gasteiger partial charge in [0.25, 0.3) is 0 Å². The molecule has 0 fully saturated rings. The molecule has 98 valence electrons. The summed E-state index contributed by atoms with van der Waals surface area (Å²) in [6.45, 7) is 2.69. The summed E-state index contributed by atoms with van der Waals surface area (Å²) in [4.78, 5) is 15.0. The molecule has 0 aromatic heterocycles. The van der Waals surface area contributed by atoms with Crippen LogP contribution in [0.2, 0.25) is 0 Å². The van der Waals surface area contributed by atoms with Crippen LogP contribution in [0.25, 0.3) is 0 Å². The van der Waals surface area contributed by atoms with E-state index in [1.807, 2.05) is 0 Å². The van der Waals surface area contributed by atoms with Gasteiger partial charge in [0.05, 0.1) is 12.7 Å². The summed E-state index contributed by atoms with van der Waals surface area (Å²) in [6.07, 6.45) is -0.515. The first-order valence-corrected chi connectivity index (χ1v) is 5.40. The quantitative estimate of drug-likeness (QED) is 0.577. The van der Waals surface area contributed by atoms with Gasteiger partial charge in [0.2, 0.25) is 0 Å². The highest BCUT2D eigenvalue weighted by Gasteiger charge is 2.21. The third-order valence-electron chi connectivity index (χ3n) is 2.66. The van der Waals surface area contributed by atoms with Crippen molar-refractivity contribution in [2.45, 2.75) is 12.1 Å². The maximum atomic E-state index is 12.8. The Morgan fingerprint density at radius 3 is 2.39 bits per heavy atom. The molecule has 0 heterocycles. The van der Waals surface area contributed by atoms with Crippen LogP contribution in [-0.4, -0.2) is 39.6 Å². The van der Waals surface area contributed by atoms with E-state index >= 15 is 0 Å². The minimum atomic E-state index is -0.654. The molecule has 0 saturated carbocycles. The molecule has 4 nitrogen and oxygen atoms in total. The molecule has 0 radical (unpaired) electrons. The van der Waals surface area contributed by atoms with Crippen molar-refractivity contribution >= 4 is 12.7 Å². The van der Waals surface area contributed by atoms with Crippen LogP contribution in [0.4, 0.5) is 4.39 Å². The van der Waals surface area contributed by atoms with Gasteiger partial charge in [0.15, 0.2) is 0 Å².